The Morgan fingerprint density at radius 1 is 1.50 bits per heavy atom. The Hall–Kier alpha value is 0.557. The van der Waals surface area contributed by atoms with Gasteiger partial charge in [0.25, 0.3) is 0 Å². The summed E-state index contributed by atoms with van der Waals surface area (Å²) in [6, 6.07) is 0. The Morgan fingerprint density at radius 3 is 2.00 bits per heavy atom. The monoisotopic (exact) mass is 82.1 g/mol. The average Bonchev–Trinajstić information content (AvgIpc) is 1.41. The van der Waals surface area contributed by atoms with Gasteiger partial charge in [-0.2, -0.15) is 0 Å². The van der Waals surface area contributed by atoms with Crippen molar-refractivity contribution in [1.82, 2.24) is 0 Å². The summed E-state index contributed by atoms with van der Waals surface area (Å²) in [6.07, 6.45) is 2.04. The molecule has 0 saturated heterocycles. The number of unbranched alkanes of at least 4 members (excludes halogenated alkanes) is 1. The molecule has 34 valence electrons. The van der Waals surface area contributed by atoms with Gasteiger partial charge in [-0.3, -0.25) is 0 Å². The van der Waals surface area contributed by atoms with Crippen LogP contribution in [0.2, 0.25) is 0 Å². The molecule has 0 aliphatic carbocycles. The second-order valence-corrected chi connectivity index (χ2v) is 1.08. The van der Waals surface area contributed by atoms with Gasteiger partial charge in [0.1, 0.15) is 0 Å². The molecule has 0 unspecified atom stereocenters. The number of rotatable bonds is 2. The van der Waals surface area contributed by atoms with Crippen molar-refractivity contribution in [3.05, 3.63) is 0 Å². The van der Waals surface area contributed by atoms with Gasteiger partial charge in [0.15, 0.2) is 0 Å². The van der Waals surface area contributed by atoms with E-state index in [1.807, 2.05) is 0 Å². The predicted octanol–water partition coefficient (Wildman–Crippen LogP) is 0.130. The maximum atomic E-state index is 8.07. The third kappa shape index (κ3) is 8.82. The number of hydrogen-bond acceptors (Lipinski definition) is 1. The molecule has 2 heteroatoms. The van der Waals surface area contributed by atoms with Gasteiger partial charge in [0.2, 0.25) is 0 Å². The average molecular weight is 82.1 g/mol. The van der Waals surface area contributed by atoms with E-state index in [2.05, 4.69) is 6.92 Å². The summed E-state index contributed by atoms with van der Waals surface area (Å²) in [5, 5.41) is 8.07. The molecule has 0 saturated carbocycles. The first-order valence-corrected chi connectivity index (χ1v) is 2.02. The van der Waals surface area contributed by atoms with E-state index in [4.69, 9.17) is 5.11 Å². The molecule has 0 aliphatic rings. The molecular weight excluding hydrogens is 71.0 g/mol. The Bertz CT molecular complexity index is 15.0. The molecule has 0 aromatic heterocycles. The van der Waals surface area contributed by atoms with E-state index >= 15 is 0 Å². The van der Waals surface area contributed by atoms with Gasteiger partial charge in [-0.05, 0) is 6.42 Å². The number of aliphatic hydroxyl groups excluding tert-OH is 1. The van der Waals surface area contributed by atoms with E-state index in [-0.39, 0.29) is 18.9 Å². The van der Waals surface area contributed by atoms with E-state index in [0.717, 1.165) is 12.8 Å². The van der Waals surface area contributed by atoms with E-state index in [1.54, 1.807) is 0 Å². The van der Waals surface area contributed by atoms with E-state index in [9.17, 15) is 0 Å². The predicted molar refractivity (Wildman–Crippen MR) is 29.1 cm³/mol. The van der Waals surface area contributed by atoms with Crippen LogP contribution in [0.3, 0.4) is 0 Å². The first-order valence-electron chi connectivity index (χ1n) is 2.02. The van der Waals surface area contributed by atoms with Crippen LogP contribution in [-0.2, 0) is 0 Å². The molecule has 0 spiro atoms. The fourth-order valence-electron chi connectivity index (χ4n) is 0.158. The van der Waals surface area contributed by atoms with Crippen molar-refractivity contribution in [1.29, 1.82) is 0 Å². The van der Waals surface area contributed by atoms with Gasteiger partial charge in [-0.15, -0.1) is 0 Å². The van der Waals surface area contributed by atoms with Gasteiger partial charge in [0, 0.05) is 6.61 Å². The first-order chi connectivity index (χ1) is 2.41. The Morgan fingerprint density at radius 2 is 2.00 bits per heavy atom. The zero-order valence-electron chi connectivity index (χ0n) is 3.57. The van der Waals surface area contributed by atoms with Crippen LogP contribution < -0.4 is 0 Å². The van der Waals surface area contributed by atoms with Crippen LogP contribution in [-0.4, -0.2) is 30.6 Å². The molecule has 1 nitrogen and oxygen atoms in total. The zero-order valence-corrected chi connectivity index (χ0v) is 3.57. The van der Waals surface area contributed by atoms with Crippen molar-refractivity contribution in [2.45, 2.75) is 19.8 Å². The third-order valence-electron chi connectivity index (χ3n) is 0.512. The minimum absolute atomic E-state index is 0. The fraction of sp³-hybridized carbons (Fsp3) is 1.00. The summed E-state index contributed by atoms with van der Waals surface area (Å²) in [6.45, 7) is 2.40. The molecule has 0 aromatic rings. The van der Waals surface area contributed by atoms with Crippen LogP contribution in [0.15, 0.2) is 0 Å². The number of aliphatic hydroxyl groups is 1. The van der Waals surface area contributed by atoms with Crippen molar-refractivity contribution >= 4 is 18.9 Å². The second-order valence-electron chi connectivity index (χ2n) is 1.08. The van der Waals surface area contributed by atoms with Crippen molar-refractivity contribution in [3.8, 4) is 0 Å². The molecule has 0 heterocycles. The molecule has 0 amide bonds. The molecule has 0 atom stereocenters. The molecule has 0 fully saturated rings. The molecule has 1 N–H and O–H groups in total. The summed E-state index contributed by atoms with van der Waals surface area (Å²) >= 11 is 0. The summed E-state index contributed by atoms with van der Waals surface area (Å²) in [5.74, 6) is 0. The Kier molecular flexibility index (Phi) is 14.8. The SMILES string of the molecule is CCCCO.[LiH]. The molecule has 0 aliphatic heterocycles. The van der Waals surface area contributed by atoms with Gasteiger partial charge < -0.3 is 5.11 Å². The van der Waals surface area contributed by atoms with Crippen LogP contribution in [0.25, 0.3) is 0 Å². The Labute approximate surface area is 50.9 Å². The topological polar surface area (TPSA) is 20.2 Å². The third-order valence-corrected chi connectivity index (χ3v) is 0.512. The standard InChI is InChI=1S/C4H10O.Li.H/c1-2-3-4-5;;/h5H,2-4H2,1H3;;. The van der Waals surface area contributed by atoms with E-state index in [0.29, 0.717) is 6.61 Å². The minimum atomic E-state index is 0. The van der Waals surface area contributed by atoms with Gasteiger partial charge in [-0.25, -0.2) is 0 Å². The molecule has 0 rings (SSSR count). The maximum absolute atomic E-state index is 8.07. The summed E-state index contributed by atoms with van der Waals surface area (Å²) in [7, 11) is 0. The molecule has 0 bridgehead atoms. The van der Waals surface area contributed by atoms with Gasteiger partial charge >= 0.3 is 18.9 Å². The quantitative estimate of drug-likeness (QED) is 0.469. The van der Waals surface area contributed by atoms with Crippen LogP contribution in [0.1, 0.15) is 19.8 Å². The molecular formula is C4H11LiO. The van der Waals surface area contributed by atoms with E-state index < -0.39 is 0 Å². The summed E-state index contributed by atoms with van der Waals surface area (Å²) in [4.78, 5) is 0. The van der Waals surface area contributed by atoms with Crippen LogP contribution >= 0.6 is 0 Å². The van der Waals surface area contributed by atoms with Gasteiger partial charge in [0.05, 0.1) is 0 Å². The summed E-state index contributed by atoms with van der Waals surface area (Å²) < 4.78 is 0. The van der Waals surface area contributed by atoms with Crippen molar-refractivity contribution < 1.29 is 5.11 Å². The molecule has 6 heavy (non-hydrogen) atoms. The van der Waals surface area contributed by atoms with Crippen LogP contribution in [0.4, 0.5) is 0 Å². The van der Waals surface area contributed by atoms with Crippen molar-refractivity contribution in [2.24, 2.45) is 0 Å². The van der Waals surface area contributed by atoms with Crippen molar-refractivity contribution in [2.75, 3.05) is 6.61 Å². The number of hydrogen-bond donors (Lipinski definition) is 1. The van der Waals surface area contributed by atoms with Crippen molar-refractivity contribution in [3.63, 3.8) is 0 Å². The van der Waals surface area contributed by atoms with E-state index in [1.165, 1.54) is 0 Å². The van der Waals surface area contributed by atoms with Crippen LogP contribution in [0, 0.1) is 0 Å². The second kappa shape index (κ2) is 9.12. The molecule has 0 radical (unpaired) electrons. The first kappa shape index (κ1) is 9.75. The Balaban J connectivity index is 0. The fourth-order valence-corrected chi connectivity index (χ4v) is 0.158. The van der Waals surface area contributed by atoms with Gasteiger partial charge in [-0.1, -0.05) is 13.3 Å². The molecule has 0 aromatic carbocycles. The zero-order chi connectivity index (χ0) is 4.12. The normalized spacial score (nSPS) is 7.00. The summed E-state index contributed by atoms with van der Waals surface area (Å²) in [5.41, 5.74) is 0. The van der Waals surface area contributed by atoms with Crippen LogP contribution in [0.5, 0.6) is 0 Å².